The summed E-state index contributed by atoms with van der Waals surface area (Å²) in [5.74, 6) is 0. The smallest absolute Gasteiger partial charge is 1.00 e. The van der Waals surface area contributed by atoms with E-state index >= 15 is 0 Å². The van der Waals surface area contributed by atoms with E-state index in [0.717, 1.165) is 5.52 Å². The Morgan fingerprint density at radius 2 is 1.50 bits per heavy atom. The quantitative estimate of drug-likeness (QED) is 0.377. The average molecular weight is 491 g/mol. The molecule has 0 spiro atoms. The fourth-order valence-electron chi connectivity index (χ4n) is 1.97. The number of benzene rings is 2. The number of fused-ring (bicyclic) bond motifs is 3. The third-order valence-electron chi connectivity index (χ3n) is 2.75. The first-order valence-corrected chi connectivity index (χ1v) is 5.09. The molecule has 0 radical (unpaired) electrons. The van der Waals surface area contributed by atoms with Gasteiger partial charge in [-0.2, -0.15) is 0 Å². The summed E-state index contributed by atoms with van der Waals surface area (Å²) in [6.07, 6.45) is 1.94. The standard InChI is InChI=1S/C14H11N.2ClH.2H2N.Pt/c1-10-6-7-13-12-5-3-2-4-11(12)9-15-14(13)8-10;;;;;/h2-9H,1H3;2*1H;2*1H2;/q;;;2*-1;+4/p-2. The molecule has 1 aromatic heterocycles. The van der Waals surface area contributed by atoms with Crippen molar-refractivity contribution in [2.45, 2.75) is 6.92 Å². The van der Waals surface area contributed by atoms with E-state index in [4.69, 9.17) is 0 Å². The Bertz CT molecular complexity index is 662. The molecule has 110 valence electrons. The molecule has 0 amide bonds. The second-order valence-electron chi connectivity index (χ2n) is 3.87. The van der Waals surface area contributed by atoms with Crippen molar-refractivity contribution in [2.75, 3.05) is 0 Å². The monoisotopic (exact) mass is 490 g/mol. The zero-order valence-corrected chi connectivity index (χ0v) is 14.6. The normalized spacial score (nSPS) is 8.25. The van der Waals surface area contributed by atoms with E-state index in [1.807, 2.05) is 12.3 Å². The van der Waals surface area contributed by atoms with Crippen LogP contribution in [0.5, 0.6) is 0 Å². The Kier molecular flexibility index (Phi) is 12.3. The molecule has 6 heteroatoms. The number of nitrogens with zero attached hydrogens (tertiary/aromatic N) is 1. The zero-order chi connectivity index (χ0) is 10.3. The summed E-state index contributed by atoms with van der Waals surface area (Å²) in [6.45, 7) is 2.09. The van der Waals surface area contributed by atoms with Crippen LogP contribution in [0.2, 0.25) is 0 Å². The molecule has 20 heavy (non-hydrogen) atoms. The second kappa shape index (κ2) is 10.1. The maximum absolute atomic E-state index is 4.47. The van der Waals surface area contributed by atoms with E-state index in [0.29, 0.717) is 0 Å². The molecule has 0 aliphatic carbocycles. The Morgan fingerprint density at radius 1 is 0.850 bits per heavy atom. The molecule has 0 unspecified atom stereocenters. The van der Waals surface area contributed by atoms with E-state index in [1.165, 1.54) is 21.7 Å². The van der Waals surface area contributed by atoms with Crippen LogP contribution < -0.4 is 24.8 Å². The van der Waals surface area contributed by atoms with Crippen molar-refractivity contribution in [3.05, 3.63) is 66.5 Å². The molecule has 0 aliphatic heterocycles. The minimum atomic E-state index is 0. The summed E-state index contributed by atoms with van der Waals surface area (Å²) in [5, 5.41) is 3.72. The summed E-state index contributed by atoms with van der Waals surface area (Å²) < 4.78 is 0. The number of nitrogens with two attached hydrogens (primary N) is 2. The molecule has 3 aromatic rings. The van der Waals surface area contributed by atoms with Crippen molar-refractivity contribution in [1.29, 1.82) is 0 Å². The summed E-state index contributed by atoms with van der Waals surface area (Å²) >= 11 is 0. The van der Waals surface area contributed by atoms with Crippen molar-refractivity contribution in [1.82, 2.24) is 4.98 Å². The van der Waals surface area contributed by atoms with Crippen molar-refractivity contribution in [3.63, 3.8) is 0 Å². The second-order valence-corrected chi connectivity index (χ2v) is 3.87. The van der Waals surface area contributed by atoms with Gasteiger partial charge in [0.1, 0.15) is 0 Å². The van der Waals surface area contributed by atoms with Gasteiger partial charge >= 0.3 is 21.1 Å². The number of halogens is 2. The number of aryl methyl sites for hydroxylation is 1. The number of rotatable bonds is 0. The molecular weight excluding hydrogens is 476 g/mol. The van der Waals surface area contributed by atoms with Crippen LogP contribution in [0, 0.1) is 6.92 Å². The topological polar surface area (TPSA) is 79.9 Å². The van der Waals surface area contributed by atoms with Gasteiger partial charge in [0.05, 0.1) is 5.52 Å². The van der Waals surface area contributed by atoms with Crippen molar-refractivity contribution in [2.24, 2.45) is 0 Å². The number of aromatic nitrogens is 1. The Morgan fingerprint density at radius 3 is 2.20 bits per heavy atom. The third kappa shape index (κ3) is 4.40. The van der Waals surface area contributed by atoms with E-state index in [2.05, 4.69) is 48.3 Å². The van der Waals surface area contributed by atoms with Gasteiger partial charge in [0.25, 0.3) is 0 Å². The fraction of sp³-hybridized carbons (Fsp3) is 0.0714. The molecule has 2 aromatic carbocycles. The van der Waals surface area contributed by atoms with Crippen LogP contribution >= 0.6 is 0 Å². The Hall–Kier alpha value is -0.702. The van der Waals surface area contributed by atoms with Crippen molar-refractivity contribution >= 4 is 21.7 Å². The maximum Gasteiger partial charge on any atom is 4.00 e. The summed E-state index contributed by atoms with van der Waals surface area (Å²) in [4.78, 5) is 4.47. The molecule has 0 bridgehead atoms. The number of hydrogen-bond acceptors (Lipinski definition) is 1. The van der Waals surface area contributed by atoms with Gasteiger partial charge in [0.2, 0.25) is 0 Å². The largest absolute Gasteiger partial charge is 4.00 e. The molecule has 1 heterocycles. The Balaban J connectivity index is -0.000000578. The van der Waals surface area contributed by atoms with Gasteiger partial charge in [-0.3, -0.25) is 4.98 Å². The van der Waals surface area contributed by atoms with E-state index in [-0.39, 0.29) is 58.2 Å². The predicted octanol–water partition coefficient (Wildman–Crippen LogP) is -0.864. The number of pyridine rings is 1. The summed E-state index contributed by atoms with van der Waals surface area (Å²) in [7, 11) is 0. The van der Waals surface area contributed by atoms with Crippen molar-refractivity contribution < 1.29 is 45.9 Å². The first kappa shape index (κ1) is 24.3. The maximum atomic E-state index is 4.47. The molecule has 0 aliphatic rings. The average Bonchev–Trinajstić information content (AvgIpc) is 2.28. The van der Waals surface area contributed by atoms with Crippen molar-refractivity contribution in [3.8, 4) is 0 Å². The molecule has 3 nitrogen and oxygen atoms in total. The molecule has 0 saturated carbocycles. The zero-order valence-electron chi connectivity index (χ0n) is 10.8. The minimum Gasteiger partial charge on any atom is -1.00 e. The van der Waals surface area contributed by atoms with Crippen LogP contribution in [-0.2, 0) is 21.1 Å². The van der Waals surface area contributed by atoms with Gasteiger partial charge in [-0.15, -0.1) is 0 Å². The molecule has 0 atom stereocenters. The molecule has 4 N–H and O–H groups in total. The number of hydrogen-bond donors (Lipinski definition) is 0. The predicted molar refractivity (Wildman–Crippen MR) is 74.6 cm³/mol. The molecular formula is C14H15Cl2N3Pt. The minimum absolute atomic E-state index is 0. The van der Waals surface area contributed by atoms with Crippen LogP contribution in [-0.4, -0.2) is 4.98 Å². The van der Waals surface area contributed by atoms with Crippen LogP contribution in [0.1, 0.15) is 5.56 Å². The summed E-state index contributed by atoms with van der Waals surface area (Å²) in [5.41, 5.74) is 2.33. The van der Waals surface area contributed by atoms with Crippen LogP contribution in [0.15, 0.2) is 48.7 Å². The van der Waals surface area contributed by atoms with Gasteiger partial charge in [0.15, 0.2) is 0 Å². The molecule has 3 rings (SSSR count). The van der Waals surface area contributed by atoms with Crippen LogP contribution in [0.4, 0.5) is 0 Å². The van der Waals surface area contributed by atoms with Gasteiger partial charge in [-0.25, -0.2) is 0 Å². The third-order valence-corrected chi connectivity index (χ3v) is 2.75. The van der Waals surface area contributed by atoms with E-state index in [1.54, 1.807) is 0 Å². The van der Waals surface area contributed by atoms with Gasteiger partial charge in [-0.05, 0) is 23.9 Å². The van der Waals surface area contributed by atoms with E-state index in [9.17, 15) is 0 Å². The molecule has 0 saturated heterocycles. The SMILES string of the molecule is Cc1ccc2c(c1)ncc1ccccc12.[Cl-].[Cl-].[NH2-].[NH2-].[Pt+4]. The first-order valence-electron chi connectivity index (χ1n) is 5.09. The fourth-order valence-corrected chi connectivity index (χ4v) is 1.97. The molecule has 0 fully saturated rings. The summed E-state index contributed by atoms with van der Waals surface area (Å²) in [6, 6.07) is 14.8. The van der Waals surface area contributed by atoms with Crippen LogP contribution in [0.25, 0.3) is 34.0 Å². The first-order chi connectivity index (χ1) is 7.34. The van der Waals surface area contributed by atoms with Gasteiger partial charge < -0.3 is 37.1 Å². The Labute approximate surface area is 145 Å². The van der Waals surface area contributed by atoms with Crippen LogP contribution in [0.3, 0.4) is 0 Å². The van der Waals surface area contributed by atoms with E-state index < -0.39 is 0 Å². The van der Waals surface area contributed by atoms with Gasteiger partial charge in [0, 0.05) is 17.0 Å². The van der Waals surface area contributed by atoms with Gasteiger partial charge in [-0.1, -0.05) is 36.4 Å².